The Bertz CT molecular complexity index is 954. The summed E-state index contributed by atoms with van der Waals surface area (Å²) in [6.07, 6.45) is 4.95. The van der Waals surface area contributed by atoms with E-state index in [0.717, 1.165) is 43.3 Å². The highest BCUT2D eigenvalue weighted by Gasteiger charge is 2.15. The number of carbonyl (C=O) groups is 1. The molecule has 1 fully saturated rings. The Kier molecular flexibility index (Phi) is 5.61. The van der Waals surface area contributed by atoms with Gasteiger partial charge in [-0.1, -0.05) is 0 Å². The molecule has 1 amide bonds. The van der Waals surface area contributed by atoms with Crippen LogP contribution in [-0.4, -0.2) is 47.1 Å². The van der Waals surface area contributed by atoms with Gasteiger partial charge in [-0.3, -0.25) is 14.7 Å². The van der Waals surface area contributed by atoms with Gasteiger partial charge in [0.1, 0.15) is 5.82 Å². The third-order valence-corrected chi connectivity index (χ3v) is 5.65. The first kappa shape index (κ1) is 18.5. The maximum atomic E-state index is 12.6. The number of hydrogen-bond donors (Lipinski definition) is 2. The predicted octanol–water partition coefficient (Wildman–Crippen LogP) is 2.87. The van der Waals surface area contributed by atoms with Crippen molar-refractivity contribution in [3.63, 3.8) is 0 Å². The van der Waals surface area contributed by atoms with Gasteiger partial charge in [-0.2, -0.15) is 0 Å². The Hall–Kier alpha value is -2.81. The number of amides is 1. The van der Waals surface area contributed by atoms with Gasteiger partial charge in [-0.05, 0) is 30.3 Å². The summed E-state index contributed by atoms with van der Waals surface area (Å²) in [4.78, 5) is 25.5. The van der Waals surface area contributed by atoms with Crippen molar-refractivity contribution < 1.29 is 9.53 Å². The molecule has 0 radical (unpaired) electrons. The maximum Gasteiger partial charge on any atom is 0.259 e. The monoisotopic (exact) mass is 395 g/mol. The van der Waals surface area contributed by atoms with Crippen LogP contribution in [-0.2, 0) is 11.3 Å². The minimum absolute atomic E-state index is 0.209. The molecule has 1 aliphatic heterocycles. The molecule has 0 saturated carbocycles. The molecule has 4 heterocycles. The molecule has 3 aromatic heterocycles. The van der Waals surface area contributed by atoms with Crippen LogP contribution in [0.25, 0.3) is 10.4 Å². The summed E-state index contributed by atoms with van der Waals surface area (Å²) in [5.74, 6) is -0.0800. The zero-order valence-corrected chi connectivity index (χ0v) is 16.1. The van der Waals surface area contributed by atoms with Crippen molar-refractivity contribution in [1.29, 1.82) is 0 Å². The Morgan fingerprint density at radius 3 is 2.79 bits per heavy atom. The summed E-state index contributed by atoms with van der Waals surface area (Å²) >= 11 is 1.71. The number of aromatic nitrogens is 2. The number of pyridine rings is 2. The van der Waals surface area contributed by atoms with Crippen LogP contribution < -0.4 is 11.1 Å². The SMILES string of the molecule is Nc1ncc(-c2ccc(CN3CCOCC3)s2)cc1C(=O)Nc1ccncc1. The van der Waals surface area contributed by atoms with E-state index in [1.54, 1.807) is 48.1 Å². The number of carbonyl (C=O) groups excluding carboxylic acids is 1. The first-order valence-corrected chi connectivity index (χ1v) is 9.87. The third-order valence-electron chi connectivity index (χ3n) is 4.53. The fourth-order valence-corrected chi connectivity index (χ4v) is 4.05. The zero-order valence-electron chi connectivity index (χ0n) is 15.3. The minimum atomic E-state index is -0.289. The average Bonchev–Trinajstić information content (AvgIpc) is 3.18. The fourth-order valence-electron chi connectivity index (χ4n) is 3.02. The van der Waals surface area contributed by atoms with Gasteiger partial charge in [0.05, 0.1) is 18.8 Å². The van der Waals surface area contributed by atoms with E-state index in [9.17, 15) is 4.79 Å². The highest BCUT2D eigenvalue weighted by Crippen LogP contribution is 2.30. The van der Waals surface area contributed by atoms with E-state index in [0.29, 0.717) is 11.3 Å². The minimum Gasteiger partial charge on any atom is -0.383 e. The van der Waals surface area contributed by atoms with Gasteiger partial charge in [0, 0.05) is 59.2 Å². The number of hydrogen-bond acceptors (Lipinski definition) is 7. The topological polar surface area (TPSA) is 93.4 Å². The number of nitrogen functional groups attached to an aromatic ring is 1. The van der Waals surface area contributed by atoms with Crippen LogP contribution in [0.5, 0.6) is 0 Å². The second-order valence-electron chi connectivity index (χ2n) is 6.50. The van der Waals surface area contributed by atoms with Crippen LogP contribution in [0, 0.1) is 0 Å². The number of morpholine rings is 1. The van der Waals surface area contributed by atoms with Gasteiger partial charge < -0.3 is 15.8 Å². The van der Waals surface area contributed by atoms with Crippen molar-refractivity contribution in [2.45, 2.75) is 6.54 Å². The number of rotatable bonds is 5. The van der Waals surface area contributed by atoms with E-state index in [2.05, 4.69) is 32.3 Å². The van der Waals surface area contributed by atoms with Crippen molar-refractivity contribution >= 4 is 28.7 Å². The van der Waals surface area contributed by atoms with Crippen LogP contribution in [0.4, 0.5) is 11.5 Å². The summed E-state index contributed by atoms with van der Waals surface area (Å²) in [6, 6.07) is 9.44. The molecule has 0 aromatic carbocycles. The first-order chi connectivity index (χ1) is 13.7. The summed E-state index contributed by atoms with van der Waals surface area (Å²) in [5.41, 5.74) is 7.85. The van der Waals surface area contributed by atoms with E-state index in [1.165, 1.54) is 4.88 Å². The molecule has 0 spiro atoms. The quantitative estimate of drug-likeness (QED) is 0.690. The number of nitrogens with zero attached hydrogens (tertiary/aromatic N) is 3. The second-order valence-corrected chi connectivity index (χ2v) is 7.67. The highest BCUT2D eigenvalue weighted by atomic mass is 32.1. The molecule has 8 heteroatoms. The van der Waals surface area contributed by atoms with Crippen molar-refractivity contribution in [1.82, 2.24) is 14.9 Å². The number of thiophene rings is 1. The van der Waals surface area contributed by atoms with E-state index in [4.69, 9.17) is 10.5 Å². The molecular weight excluding hydrogens is 374 g/mol. The largest absolute Gasteiger partial charge is 0.383 e. The van der Waals surface area contributed by atoms with Gasteiger partial charge in [0.15, 0.2) is 0 Å². The Balaban J connectivity index is 1.51. The Morgan fingerprint density at radius 2 is 2.00 bits per heavy atom. The Morgan fingerprint density at radius 1 is 1.21 bits per heavy atom. The molecule has 4 rings (SSSR count). The van der Waals surface area contributed by atoms with Crippen molar-refractivity contribution in [3.05, 3.63) is 59.4 Å². The molecule has 7 nitrogen and oxygen atoms in total. The van der Waals surface area contributed by atoms with Crippen molar-refractivity contribution in [2.75, 3.05) is 37.4 Å². The molecule has 1 aliphatic rings. The molecule has 3 aromatic rings. The summed E-state index contributed by atoms with van der Waals surface area (Å²) in [5, 5.41) is 2.82. The molecule has 0 bridgehead atoms. The van der Waals surface area contributed by atoms with Crippen LogP contribution >= 0.6 is 11.3 Å². The fraction of sp³-hybridized carbons (Fsp3) is 0.250. The van der Waals surface area contributed by atoms with E-state index >= 15 is 0 Å². The predicted molar refractivity (Wildman–Crippen MR) is 110 cm³/mol. The molecule has 3 N–H and O–H groups in total. The smallest absolute Gasteiger partial charge is 0.259 e. The number of nitrogens with two attached hydrogens (primary N) is 1. The van der Waals surface area contributed by atoms with Crippen LogP contribution in [0.15, 0.2) is 48.9 Å². The van der Waals surface area contributed by atoms with Gasteiger partial charge in [-0.25, -0.2) is 4.98 Å². The van der Waals surface area contributed by atoms with Crippen LogP contribution in [0.3, 0.4) is 0 Å². The molecule has 144 valence electrons. The molecule has 28 heavy (non-hydrogen) atoms. The molecule has 0 atom stereocenters. The third kappa shape index (κ3) is 4.36. The van der Waals surface area contributed by atoms with E-state index < -0.39 is 0 Å². The van der Waals surface area contributed by atoms with Crippen LogP contribution in [0.1, 0.15) is 15.2 Å². The molecule has 0 unspecified atom stereocenters. The maximum absolute atomic E-state index is 12.6. The molecule has 1 saturated heterocycles. The molecular formula is C20H21N5O2S. The average molecular weight is 395 g/mol. The van der Waals surface area contributed by atoms with Gasteiger partial charge >= 0.3 is 0 Å². The van der Waals surface area contributed by atoms with Gasteiger partial charge in [0.2, 0.25) is 0 Å². The lowest BCUT2D eigenvalue weighted by molar-refractivity contribution is 0.0346. The number of nitrogens with one attached hydrogen (secondary N) is 1. The lowest BCUT2D eigenvalue weighted by Crippen LogP contribution is -2.35. The lowest BCUT2D eigenvalue weighted by Gasteiger charge is -2.25. The summed E-state index contributed by atoms with van der Waals surface area (Å²) < 4.78 is 5.40. The number of ether oxygens (including phenoxy) is 1. The van der Waals surface area contributed by atoms with E-state index in [1.807, 2.05) is 0 Å². The lowest BCUT2D eigenvalue weighted by atomic mass is 10.1. The zero-order chi connectivity index (χ0) is 19.3. The number of anilines is 2. The summed E-state index contributed by atoms with van der Waals surface area (Å²) in [7, 11) is 0. The standard InChI is InChI=1S/C20H21N5O2S/c21-19-17(20(26)24-15-3-5-22-6-4-15)11-14(12-23-19)18-2-1-16(28-18)13-25-7-9-27-10-8-25/h1-6,11-12H,7-10,13H2,(H2,21,23)(H,22,24,26). The normalized spacial score (nSPS) is 14.7. The second kappa shape index (κ2) is 8.47. The molecule has 0 aliphatic carbocycles. The van der Waals surface area contributed by atoms with Gasteiger partial charge in [0.25, 0.3) is 5.91 Å². The first-order valence-electron chi connectivity index (χ1n) is 9.05. The van der Waals surface area contributed by atoms with Crippen molar-refractivity contribution in [3.8, 4) is 10.4 Å². The van der Waals surface area contributed by atoms with E-state index in [-0.39, 0.29) is 11.7 Å². The van der Waals surface area contributed by atoms with Crippen molar-refractivity contribution in [2.24, 2.45) is 0 Å². The highest BCUT2D eigenvalue weighted by molar-refractivity contribution is 7.15. The van der Waals surface area contributed by atoms with Gasteiger partial charge in [-0.15, -0.1) is 11.3 Å². The summed E-state index contributed by atoms with van der Waals surface area (Å²) in [6.45, 7) is 4.39. The van der Waals surface area contributed by atoms with Crippen LogP contribution in [0.2, 0.25) is 0 Å². The Labute approximate surface area is 167 Å².